The number of morpholine rings is 1. The van der Waals surface area contributed by atoms with Gasteiger partial charge in [0.05, 0.1) is 18.7 Å². The molecule has 1 saturated heterocycles. The molecular formula is C22H21N5O3. The van der Waals surface area contributed by atoms with E-state index in [0.29, 0.717) is 31.4 Å². The van der Waals surface area contributed by atoms with Gasteiger partial charge in [-0.25, -0.2) is 0 Å². The van der Waals surface area contributed by atoms with E-state index in [2.05, 4.69) is 19.7 Å². The van der Waals surface area contributed by atoms with E-state index in [0.717, 1.165) is 27.7 Å². The fraction of sp³-hybridized carbons (Fsp3) is 0.273. The predicted molar refractivity (Wildman–Crippen MR) is 110 cm³/mol. The molecule has 8 nitrogen and oxygen atoms in total. The number of pyridine rings is 1. The molecule has 0 spiro atoms. The minimum absolute atomic E-state index is 0.00790. The Morgan fingerprint density at radius 2 is 1.97 bits per heavy atom. The highest BCUT2D eigenvalue weighted by atomic mass is 16.5. The molecule has 1 unspecified atom stereocenters. The summed E-state index contributed by atoms with van der Waals surface area (Å²) in [6.45, 7) is 3.26. The monoisotopic (exact) mass is 403 g/mol. The maximum Gasteiger partial charge on any atom is 0.257 e. The maximum atomic E-state index is 13.4. The highest BCUT2D eigenvalue weighted by molar-refractivity contribution is 6.08. The second-order valence-electron chi connectivity index (χ2n) is 7.34. The number of fused-ring (bicyclic) bond motifs is 1. The Balaban J connectivity index is 1.41. The van der Waals surface area contributed by atoms with Gasteiger partial charge in [-0.05, 0) is 25.1 Å². The molecule has 1 amide bonds. The first-order valence-electron chi connectivity index (χ1n) is 9.82. The van der Waals surface area contributed by atoms with Gasteiger partial charge in [-0.15, -0.1) is 0 Å². The molecule has 0 radical (unpaired) electrons. The van der Waals surface area contributed by atoms with Gasteiger partial charge < -0.3 is 18.7 Å². The van der Waals surface area contributed by atoms with E-state index in [-0.39, 0.29) is 5.91 Å². The van der Waals surface area contributed by atoms with E-state index in [9.17, 15) is 4.79 Å². The first kappa shape index (κ1) is 18.5. The Bertz CT molecular complexity index is 1210. The smallest absolute Gasteiger partial charge is 0.257 e. The normalized spacial score (nSPS) is 16.9. The molecule has 1 atom stereocenters. The van der Waals surface area contributed by atoms with Crippen LogP contribution in [-0.2, 0) is 11.8 Å². The molecule has 0 saturated carbocycles. The second-order valence-corrected chi connectivity index (χ2v) is 7.34. The average Bonchev–Trinajstić information content (AvgIpc) is 3.38. The number of hydrogen-bond acceptors (Lipinski definition) is 6. The van der Waals surface area contributed by atoms with Crippen LogP contribution in [0.1, 0.15) is 28.0 Å². The first-order valence-corrected chi connectivity index (χ1v) is 9.82. The molecule has 1 aliphatic rings. The Morgan fingerprint density at radius 1 is 1.17 bits per heavy atom. The number of ether oxygens (including phenoxy) is 1. The van der Waals surface area contributed by atoms with Crippen LogP contribution in [0.25, 0.3) is 22.3 Å². The van der Waals surface area contributed by atoms with Crippen molar-refractivity contribution >= 4 is 16.8 Å². The van der Waals surface area contributed by atoms with E-state index >= 15 is 0 Å². The summed E-state index contributed by atoms with van der Waals surface area (Å²) >= 11 is 0. The van der Waals surface area contributed by atoms with Crippen molar-refractivity contribution in [2.75, 3.05) is 19.7 Å². The molecule has 5 rings (SSSR count). The standard InChI is InChI=1S/C22H21N5O3/c1-14-19(16-5-3-4-6-17(16)26(14)2)22(28)27-11-12-29-18(13-27)21-24-20(25-30-21)15-7-9-23-10-8-15/h3-10,18H,11-13H2,1-2H3. The zero-order chi connectivity index (χ0) is 20.7. The number of carbonyl (C=O) groups is 1. The van der Waals surface area contributed by atoms with Crippen LogP contribution >= 0.6 is 0 Å². The lowest BCUT2D eigenvalue weighted by molar-refractivity contribution is -0.0367. The van der Waals surface area contributed by atoms with Crippen LogP contribution in [0.5, 0.6) is 0 Å². The summed E-state index contributed by atoms with van der Waals surface area (Å²) in [7, 11) is 1.98. The van der Waals surface area contributed by atoms with E-state index < -0.39 is 6.10 Å². The quantitative estimate of drug-likeness (QED) is 0.522. The lowest BCUT2D eigenvalue weighted by Gasteiger charge is -2.31. The lowest BCUT2D eigenvalue weighted by Crippen LogP contribution is -2.42. The van der Waals surface area contributed by atoms with Crippen molar-refractivity contribution in [1.82, 2.24) is 24.6 Å². The lowest BCUT2D eigenvalue weighted by atomic mass is 10.1. The topological polar surface area (TPSA) is 86.3 Å². The van der Waals surface area contributed by atoms with E-state index in [1.165, 1.54) is 0 Å². The van der Waals surface area contributed by atoms with Crippen molar-refractivity contribution in [3.63, 3.8) is 0 Å². The van der Waals surface area contributed by atoms with Gasteiger partial charge in [0.25, 0.3) is 11.8 Å². The van der Waals surface area contributed by atoms with Gasteiger partial charge in [-0.3, -0.25) is 9.78 Å². The third-order valence-electron chi connectivity index (χ3n) is 5.62. The van der Waals surface area contributed by atoms with Crippen LogP contribution in [0.15, 0.2) is 53.3 Å². The van der Waals surface area contributed by atoms with Crippen molar-refractivity contribution in [3.05, 3.63) is 65.9 Å². The van der Waals surface area contributed by atoms with Gasteiger partial charge in [0.15, 0.2) is 6.10 Å². The second kappa shape index (κ2) is 7.38. The van der Waals surface area contributed by atoms with Crippen molar-refractivity contribution in [2.24, 2.45) is 7.05 Å². The van der Waals surface area contributed by atoms with E-state index in [4.69, 9.17) is 9.26 Å². The predicted octanol–water partition coefficient (Wildman–Crippen LogP) is 3.15. The minimum Gasteiger partial charge on any atom is -0.365 e. The van der Waals surface area contributed by atoms with Gasteiger partial charge in [-0.1, -0.05) is 23.4 Å². The SMILES string of the molecule is Cc1c(C(=O)N2CCOC(c3nc(-c4ccncc4)no3)C2)c2ccccc2n1C. The van der Waals surface area contributed by atoms with Gasteiger partial charge >= 0.3 is 0 Å². The number of benzene rings is 1. The minimum atomic E-state index is -0.457. The Hall–Kier alpha value is -3.52. The highest BCUT2D eigenvalue weighted by Gasteiger charge is 2.32. The summed E-state index contributed by atoms with van der Waals surface area (Å²) in [6, 6.07) is 11.6. The molecule has 8 heteroatoms. The van der Waals surface area contributed by atoms with Gasteiger partial charge in [-0.2, -0.15) is 4.98 Å². The highest BCUT2D eigenvalue weighted by Crippen LogP contribution is 2.29. The summed E-state index contributed by atoms with van der Waals surface area (Å²) < 4.78 is 13.3. The molecule has 0 N–H and O–H groups in total. The molecule has 3 aromatic heterocycles. The number of aromatic nitrogens is 4. The fourth-order valence-corrected chi connectivity index (χ4v) is 3.92. The summed E-state index contributed by atoms with van der Waals surface area (Å²) in [6.07, 6.45) is 2.89. The zero-order valence-corrected chi connectivity index (χ0v) is 16.8. The number of amides is 1. The van der Waals surface area contributed by atoms with Crippen molar-refractivity contribution in [2.45, 2.75) is 13.0 Å². The average molecular weight is 403 g/mol. The van der Waals surface area contributed by atoms with Crippen LogP contribution in [0.2, 0.25) is 0 Å². The number of carbonyl (C=O) groups excluding carboxylic acids is 1. The van der Waals surface area contributed by atoms with Crippen molar-refractivity contribution in [1.29, 1.82) is 0 Å². The Labute approximate surface area is 173 Å². The van der Waals surface area contributed by atoms with Gasteiger partial charge in [0, 0.05) is 48.1 Å². The van der Waals surface area contributed by atoms with Crippen LogP contribution in [0.4, 0.5) is 0 Å². The van der Waals surface area contributed by atoms with Gasteiger partial charge in [0.1, 0.15) is 0 Å². The number of nitrogens with zero attached hydrogens (tertiary/aromatic N) is 5. The Kier molecular flexibility index (Phi) is 4.55. The molecule has 4 aromatic rings. The molecule has 0 bridgehead atoms. The maximum absolute atomic E-state index is 13.4. The first-order chi connectivity index (χ1) is 14.6. The summed E-state index contributed by atoms with van der Waals surface area (Å²) in [5.74, 6) is 0.838. The third-order valence-corrected chi connectivity index (χ3v) is 5.62. The third kappa shape index (κ3) is 3.05. The molecule has 30 heavy (non-hydrogen) atoms. The molecule has 0 aliphatic carbocycles. The number of para-hydroxylation sites is 1. The van der Waals surface area contributed by atoms with Crippen molar-refractivity contribution < 1.29 is 14.1 Å². The van der Waals surface area contributed by atoms with Crippen LogP contribution < -0.4 is 0 Å². The summed E-state index contributed by atoms with van der Waals surface area (Å²) in [5, 5.41) is 5.01. The van der Waals surface area contributed by atoms with E-state index in [1.54, 1.807) is 17.3 Å². The number of hydrogen-bond donors (Lipinski definition) is 0. The molecule has 1 aromatic carbocycles. The summed E-state index contributed by atoms with van der Waals surface area (Å²) in [4.78, 5) is 23.7. The molecule has 4 heterocycles. The Morgan fingerprint density at radius 3 is 2.80 bits per heavy atom. The van der Waals surface area contributed by atoms with Crippen LogP contribution in [-0.4, -0.2) is 50.2 Å². The number of aryl methyl sites for hydroxylation is 1. The molecule has 1 fully saturated rings. The largest absolute Gasteiger partial charge is 0.365 e. The zero-order valence-electron chi connectivity index (χ0n) is 16.8. The molecule has 152 valence electrons. The van der Waals surface area contributed by atoms with Crippen LogP contribution in [0, 0.1) is 6.92 Å². The van der Waals surface area contributed by atoms with Crippen molar-refractivity contribution in [3.8, 4) is 11.4 Å². The summed E-state index contributed by atoms with van der Waals surface area (Å²) in [5.41, 5.74) is 3.54. The van der Waals surface area contributed by atoms with Crippen LogP contribution in [0.3, 0.4) is 0 Å². The van der Waals surface area contributed by atoms with E-state index in [1.807, 2.05) is 50.4 Å². The van der Waals surface area contributed by atoms with Gasteiger partial charge in [0.2, 0.25) is 5.82 Å². The fourth-order valence-electron chi connectivity index (χ4n) is 3.92. The molecule has 1 aliphatic heterocycles. The number of rotatable bonds is 3. The molecular weight excluding hydrogens is 382 g/mol.